The number of oxazole rings is 1. The maximum absolute atomic E-state index is 10.5. The molecule has 0 amide bonds. The van der Waals surface area contributed by atoms with Crippen molar-refractivity contribution in [3.05, 3.63) is 52.7 Å². The van der Waals surface area contributed by atoms with E-state index in [9.17, 15) is 10.1 Å². The zero-order valence-corrected chi connectivity index (χ0v) is 10.4. The Morgan fingerprint density at radius 1 is 1.45 bits per heavy atom. The van der Waals surface area contributed by atoms with Gasteiger partial charge in [-0.2, -0.15) is 4.68 Å². The van der Waals surface area contributed by atoms with Gasteiger partial charge in [-0.1, -0.05) is 0 Å². The van der Waals surface area contributed by atoms with Crippen LogP contribution in [-0.4, -0.2) is 19.7 Å². The largest absolute Gasteiger partial charge is 0.450 e. The highest BCUT2D eigenvalue weighted by Gasteiger charge is 2.36. The topological polar surface area (TPSA) is 105 Å². The van der Waals surface area contributed by atoms with Gasteiger partial charge in [-0.3, -0.25) is 0 Å². The summed E-state index contributed by atoms with van der Waals surface area (Å²) in [6.45, 7) is 1.87. The van der Waals surface area contributed by atoms with E-state index in [0.717, 1.165) is 0 Å². The van der Waals surface area contributed by atoms with Gasteiger partial charge in [0.1, 0.15) is 19.1 Å². The normalized spacial score (nSPS) is 15.8. The molecule has 0 unspecified atom stereocenters. The van der Waals surface area contributed by atoms with Crippen molar-refractivity contribution in [2.45, 2.75) is 19.3 Å². The molecule has 0 bridgehead atoms. The standard InChI is InChI=1S/C11H10N4O5/c1-11(18-4-5-19-11)8-6-12-10(20-8)7-14-3-2-9(13-14)15(16)17/h2-6H,7H2,1H3. The van der Waals surface area contributed by atoms with E-state index in [4.69, 9.17) is 13.9 Å². The van der Waals surface area contributed by atoms with Crippen LogP contribution in [0.1, 0.15) is 18.6 Å². The lowest BCUT2D eigenvalue weighted by Gasteiger charge is -2.19. The van der Waals surface area contributed by atoms with Gasteiger partial charge in [-0.15, -0.1) is 0 Å². The molecule has 0 N–H and O–H groups in total. The first-order valence-electron chi connectivity index (χ1n) is 5.70. The highest BCUT2D eigenvalue weighted by molar-refractivity contribution is 5.14. The molecule has 0 fully saturated rings. The van der Waals surface area contributed by atoms with E-state index in [0.29, 0.717) is 11.7 Å². The average molecular weight is 278 g/mol. The summed E-state index contributed by atoms with van der Waals surface area (Å²) in [5.74, 6) is -0.505. The molecule has 0 aromatic carbocycles. The van der Waals surface area contributed by atoms with E-state index >= 15 is 0 Å². The number of rotatable bonds is 4. The number of ether oxygens (including phenoxy) is 2. The Labute approximate surface area is 112 Å². The van der Waals surface area contributed by atoms with Crippen LogP contribution in [0.4, 0.5) is 5.82 Å². The van der Waals surface area contributed by atoms with Crippen LogP contribution >= 0.6 is 0 Å². The predicted molar refractivity (Wildman–Crippen MR) is 63.1 cm³/mol. The summed E-state index contributed by atoms with van der Waals surface area (Å²) in [5.41, 5.74) is 0. The molecule has 9 heteroatoms. The molecule has 0 aliphatic carbocycles. The van der Waals surface area contributed by atoms with Crippen molar-refractivity contribution in [1.82, 2.24) is 14.8 Å². The Kier molecular flexibility index (Phi) is 2.67. The molecule has 1 aliphatic rings. The van der Waals surface area contributed by atoms with Gasteiger partial charge in [-0.05, 0) is 4.92 Å². The van der Waals surface area contributed by atoms with Gasteiger partial charge in [0.05, 0.1) is 23.6 Å². The highest BCUT2D eigenvalue weighted by atomic mass is 16.7. The second-order valence-electron chi connectivity index (χ2n) is 4.20. The van der Waals surface area contributed by atoms with Crippen molar-refractivity contribution < 1.29 is 18.8 Å². The van der Waals surface area contributed by atoms with Crippen LogP contribution in [0.3, 0.4) is 0 Å². The fourth-order valence-corrected chi connectivity index (χ4v) is 1.73. The van der Waals surface area contributed by atoms with Crippen molar-refractivity contribution in [2.24, 2.45) is 0 Å². The summed E-state index contributed by atoms with van der Waals surface area (Å²) >= 11 is 0. The molecule has 1 aliphatic heterocycles. The van der Waals surface area contributed by atoms with E-state index in [2.05, 4.69) is 10.1 Å². The summed E-state index contributed by atoms with van der Waals surface area (Å²) < 4.78 is 17.4. The van der Waals surface area contributed by atoms with Crippen molar-refractivity contribution in [3.8, 4) is 0 Å². The fraction of sp³-hybridized carbons (Fsp3) is 0.273. The molecule has 0 spiro atoms. The number of aromatic nitrogens is 3. The predicted octanol–water partition coefficient (Wildman–Crippen LogP) is 1.52. The number of hydrogen-bond donors (Lipinski definition) is 0. The first-order valence-corrected chi connectivity index (χ1v) is 5.70. The van der Waals surface area contributed by atoms with Crippen molar-refractivity contribution in [2.75, 3.05) is 0 Å². The smallest absolute Gasteiger partial charge is 0.389 e. The van der Waals surface area contributed by atoms with Crippen molar-refractivity contribution in [1.29, 1.82) is 0 Å². The van der Waals surface area contributed by atoms with Gasteiger partial charge in [0.25, 0.3) is 0 Å². The van der Waals surface area contributed by atoms with E-state index < -0.39 is 10.7 Å². The van der Waals surface area contributed by atoms with Crippen LogP contribution in [0.2, 0.25) is 0 Å². The molecule has 104 valence electrons. The zero-order valence-electron chi connectivity index (χ0n) is 10.4. The number of nitrogens with zero attached hydrogens (tertiary/aromatic N) is 4. The molecule has 0 atom stereocenters. The number of nitro groups is 1. The summed E-state index contributed by atoms with van der Waals surface area (Å²) in [5, 5.41) is 14.3. The van der Waals surface area contributed by atoms with Gasteiger partial charge >= 0.3 is 11.6 Å². The van der Waals surface area contributed by atoms with Crippen LogP contribution in [-0.2, 0) is 21.8 Å². The van der Waals surface area contributed by atoms with Gasteiger partial charge in [0.15, 0.2) is 0 Å². The molecule has 2 aromatic rings. The Bertz CT molecular complexity index is 666. The zero-order chi connectivity index (χ0) is 14.2. The summed E-state index contributed by atoms with van der Waals surface area (Å²) in [7, 11) is 0. The fourth-order valence-electron chi connectivity index (χ4n) is 1.73. The van der Waals surface area contributed by atoms with Crippen LogP contribution in [0.5, 0.6) is 0 Å². The lowest BCUT2D eigenvalue weighted by atomic mass is 10.3. The average Bonchev–Trinajstić information content (AvgIpc) is 3.10. The second-order valence-corrected chi connectivity index (χ2v) is 4.20. The maximum atomic E-state index is 10.5. The van der Waals surface area contributed by atoms with Gasteiger partial charge in [0.2, 0.25) is 11.7 Å². The maximum Gasteiger partial charge on any atom is 0.389 e. The Balaban J connectivity index is 1.75. The van der Waals surface area contributed by atoms with E-state index in [1.807, 2.05) is 0 Å². The minimum Gasteiger partial charge on any atom is -0.450 e. The van der Waals surface area contributed by atoms with Crippen LogP contribution < -0.4 is 0 Å². The molecule has 3 heterocycles. The molecule has 0 saturated heterocycles. The summed E-state index contributed by atoms with van der Waals surface area (Å²) in [6, 6.07) is 1.30. The van der Waals surface area contributed by atoms with Crippen LogP contribution in [0.15, 0.2) is 35.4 Å². The van der Waals surface area contributed by atoms with Crippen LogP contribution in [0, 0.1) is 10.1 Å². The third-order valence-electron chi connectivity index (χ3n) is 2.75. The molecule has 9 nitrogen and oxygen atoms in total. The molecule has 0 radical (unpaired) electrons. The molecule has 2 aromatic heterocycles. The van der Waals surface area contributed by atoms with Gasteiger partial charge in [-0.25, -0.2) is 4.98 Å². The lowest BCUT2D eigenvalue weighted by molar-refractivity contribution is -0.389. The van der Waals surface area contributed by atoms with E-state index in [1.165, 1.54) is 35.7 Å². The molecular formula is C11H10N4O5. The lowest BCUT2D eigenvalue weighted by Crippen LogP contribution is -2.21. The molecule has 20 heavy (non-hydrogen) atoms. The number of hydrogen-bond acceptors (Lipinski definition) is 7. The van der Waals surface area contributed by atoms with Crippen molar-refractivity contribution in [3.63, 3.8) is 0 Å². The summed E-state index contributed by atoms with van der Waals surface area (Å²) in [6.07, 6.45) is 5.80. The van der Waals surface area contributed by atoms with Crippen molar-refractivity contribution >= 4 is 5.82 Å². The monoisotopic (exact) mass is 278 g/mol. The van der Waals surface area contributed by atoms with Gasteiger partial charge < -0.3 is 24.0 Å². The second kappa shape index (κ2) is 4.37. The minimum absolute atomic E-state index is 0.178. The first-order chi connectivity index (χ1) is 9.57. The molecular weight excluding hydrogens is 268 g/mol. The SMILES string of the molecule is CC1(c2cnc(Cn3ccc([N+](=O)[O-])n3)o2)OC=CO1. The van der Waals surface area contributed by atoms with E-state index in [-0.39, 0.29) is 12.4 Å². The third kappa shape index (κ3) is 2.09. The summed E-state index contributed by atoms with van der Waals surface area (Å²) in [4.78, 5) is 14.0. The van der Waals surface area contributed by atoms with Crippen LogP contribution in [0.25, 0.3) is 0 Å². The molecule has 0 saturated carbocycles. The third-order valence-corrected chi connectivity index (χ3v) is 2.75. The first kappa shape index (κ1) is 12.2. The Morgan fingerprint density at radius 3 is 2.85 bits per heavy atom. The quantitative estimate of drug-likeness (QED) is 0.616. The minimum atomic E-state index is -1.03. The molecule has 3 rings (SSSR count). The van der Waals surface area contributed by atoms with E-state index in [1.54, 1.807) is 6.92 Å². The highest BCUT2D eigenvalue weighted by Crippen LogP contribution is 2.31. The Hall–Kier alpha value is -2.84. The Morgan fingerprint density at radius 2 is 2.20 bits per heavy atom. The van der Waals surface area contributed by atoms with Gasteiger partial charge in [0, 0.05) is 6.92 Å².